The molecule has 0 heterocycles. The van der Waals surface area contributed by atoms with Gasteiger partial charge in [0.05, 0.1) is 14.2 Å². The monoisotopic (exact) mass is 350 g/mol. The molecule has 0 aliphatic rings. The molecule has 6 nitrogen and oxygen atoms in total. The zero-order chi connectivity index (χ0) is 17.9. The van der Waals surface area contributed by atoms with Crippen molar-refractivity contribution in [3.05, 3.63) is 47.5 Å². The first-order chi connectivity index (χ1) is 11.3. The van der Waals surface area contributed by atoms with E-state index in [4.69, 9.17) is 13.7 Å². The summed E-state index contributed by atoms with van der Waals surface area (Å²) in [6.45, 7) is 3.15. The van der Waals surface area contributed by atoms with Crippen LogP contribution in [0.25, 0.3) is 0 Å². The quantitative estimate of drug-likeness (QED) is 0.589. The van der Waals surface area contributed by atoms with Gasteiger partial charge in [-0.3, -0.25) is 4.79 Å². The van der Waals surface area contributed by atoms with E-state index in [0.29, 0.717) is 5.75 Å². The molecule has 0 spiro atoms. The largest absolute Gasteiger partial charge is 0.496 e. The van der Waals surface area contributed by atoms with E-state index in [-0.39, 0.29) is 27.7 Å². The molecule has 0 radical (unpaired) electrons. The third-order valence-electron chi connectivity index (χ3n) is 3.36. The topological polar surface area (TPSA) is 78.9 Å². The minimum absolute atomic E-state index is 0.00983. The molecule has 2 aromatic carbocycles. The Kier molecular flexibility index (Phi) is 5.14. The summed E-state index contributed by atoms with van der Waals surface area (Å²) in [5.74, 6) is -0.0372. The molecule has 2 aromatic rings. The Balaban J connectivity index is 2.55. The van der Waals surface area contributed by atoms with Crippen molar-refractivity contribution >= 4 is 15.9 Å². The van der Waals surface area contributed by atoms with Gasteiger partial charge in [0.25, 0.3) is 0 Å². The molecule has 0 unspecified atom stereocenters. The summed E-state index contributed by atoms with van der Waals surface area (Å²) < 4.78 is 40.4. The minimum atomic E-state index is -4.10. The molecule has 2 rings (SSSR count). The molecule has 0 aliphatic carbocycles. The summed E-state index contributed by atoms with van der Waals surface area (Å²) in [6.07, 6.45) is 0. The van der Waals surface area contributed by atoms with Crippen molar-refractivity contribution in [1.29, 1.82) is 0 Å². The van der Waals surface area contributed by atoms with Crippen LogP contribution >= 0.6 is 0 Å². The summed E-state index contributed by atoms with van der Waals surface area (Å²) in [7, 11) is -1.31. The molecule has 0 saturated heterocycles. The van der Waals surface area contributed by atoms with Crippen LogP contribution in [0.15, 0.2) is 41.3 Å². The summed E-state index contributed by atoms with van der Waals surface area (Å²) in [4.78, 5) is 11.9. The Bertz CT molecular complexity index is 853. The molecule has 0 atom stereocenters. The highest BCUT2D eigenvalue weighted by molar-refractivity contribution is 7.87. The lowest BCUT2D eigenvalue weighted by Gasteiger charge is -2.14. The molecule has 0 amide bonds. The number of carbonyl (C=O) groups is 1. The lowest BCUT2D eigenvalue weighted by molar-refractivity contribution is 0.101. The maximum absolute atomic E-state index is 12.5. The Labute approximate surface area is 141 Å². The van der Waals surface area contributed by atoms with Crippen LogP contribution in [-0.4, -0.2) is 28.4 Å². The van der Waals surface area contributed by atoms with Crippen molar-refractivity contribution in [1.82, 2.24) is 0 Å². The second kappa shape index (κ2) is 6.92. The molecule has 0 aromatic heterocycles. The van der Waals surface area contributed by atoms with Crippen molar-refractivity contribution < 1.29 is 26.9 Å². The van der Waals surface area contributed by atoms with Gasteiger partial charge in [-0.15, -0.1) is 0 Å². The molecule has 0 aliphatic heterocycles. The van der Waals surface area contributed by atoms with E-state index in [9.17, 15) is 13.2 Å². The number of aryl methyl sites for hydroxylation is 1. The standard InChI is InChI=1S/C17H18O6S/c1-11-5-7-14(8-6-11)24(19,20)23-16-10-13(21-3)9-15(22-4)17(16)12(2)18/h5-10H,1-4H3. The molecular weight excluding hydrogens is 332 g/mol. The minimum Gasteiger partial charge on any atom is -0.496 e. The van der Waals surface area contributed by atoms with Crippen LogP contribution in [0.4, 0.5) is 0 Å². The van der Waals surface area contributed by atoms with Crippen LogP contribution in [0.3, 0.4) is 0 Å². The van der Waals surface area contributed by atoms with E-state index < -0.39 is 10.1 Å². The van der Waals surface area contributed by atoms with Gasteiger partial charge in [0.1, 0.15) is 22.0 Å². The number of ketones is 1. The molecule has 128 valence electrons. The van der Waals surface area contributed by atoms with Gasteiger partial charge in [0, 0.05) is 12.1 Å². The van der Waals surface area contributed by atoms with Crippen LogP contribution in [0.1, 0.15) is 22.8 Å². The predicted molar refractivity (Wildman–Crippen MR) is 88.5 cm³/mol. The van der Waals surface area contributed by atoms with Crippen molar-refractivity contribution in [3.63, 3.8) is 0 Å². The summed E-state index contributed by atoms with van der Waals surface area (Å²) in [5, 5.41) is 0. The van der Waals surface area contributed by atoms with Crippen LogP contribution in [0.2, 0.25) is 0 Å². The number of rotatable bonds is 6. The van der Waals surface area contributed by atoms with Gasteiger partial charge in [-0.2, -0.15) is 8.42 Å². The zero-order valence-corrected chi connectivity index (χ0v) is 14.6. The van der Waals surface area contributed by atoms with E-state index in [2.05, 4.69) is 0 Å². The summed E-state index contributed by atoms with van der Waals surface area (Å²) >= 11 is 0. The first-order valence-corrected chi connectivity index (χ1v) is 8.47. The Hall–Kier alpha value is -2.54. The second-order valence-corrected chi connectivity index (χ2v) is 6.66. The Morgan fingerprint density at radius 3 is 2.04 bits per heavy atom. The van der Waals surface area contributed by atoms with Crippen molar-refractivity contribution in [2.75, 3.05) is 14.2 Å². The third-order valence-corrected chi connectivity index (χ3v) is 4.60. The van der Waals surface area contributed by atoms with Crippen LogP contribution < -0.4 is 13.7 Å². The normalized spacial score (nSPS) is 11.0. The second-order valence-electron chi connectivity index (χ2n) is 5.11. The fourth-order valence-corrected chi connectivity index (χ4v) is 3.06. The molecule has 24 heavy (non-hydrogen) atoms. The maximum atomic E-state index is 12.5. The number of hydrogen-bond acceptors (Lipinski definition) is 6. The summed E-state index contributed by atoms with van der Waals surface area (Å²) in [6, 6.07) is 9.03. The fourth-order valence-electron chi connectivity index (χ4n) is 2.13. The highest BCUT2D eigenvalue weighted by atomic mass is 32.2. The predicted octanol–water partition coefficient (Wildman–Crippen LogP) is 2.98. The van der Waals surface area contributed by atoms with E-state index >= 15 is 0 Å². The average Bonchev–Trinajstić information content (AvgIpc) is 2.53. The Morgan fingerprint density at radius 2 is 1.54 bits per heavy atom. The number of hydrogen-bond donors (Lipinski definition) is 0. The smallest absolute Gasteiger partial charge is 0.339 e. The molecule has 0 saturated carbocycles. The first-order valence-electron chi connectivity index (χ1n) is 7.06. The van der Waals surface area contributed by atoms with Gasteiger partial charge in [0.15, 0.2) is 11.5 Å². The lowest BCUT2D eigenvalue weighted by Crippen LogP contribution is -2.13. The lowest BCUT2D eigenvalue weighted by atomic mass is 10.1. The number of benzene rings is 2. The maximum Gasteiger partial charge on any atom is 0.339 e. The number of Topliss-reactive ketones (excluding diaryl/α,β-unsaturated/α-hetero) is 1. The van der Waals surface area contributed by atoms with Gasteiger partial charge in [-0.1, -0.05) is 17.7 Å². The fraction of sp³-hybridized carbons (Fsp3) is 0.235. The molecular formula is C17H18O6S. The first kappa shape index (κ1) is 17.8. The number of methoxy groups -OCH3 is 2. The van der Waals surface area contributed by atoms with Gasteiger partial charge >= 0.3 is 10.1 Å². The average molecular weight is 350 g/mol. The molecule has 0 N–H and O–H groups in total. The molecule has 0 fully saturated rings. The third kappa shape index (κ3) is 3.68. The zero-order valence-electron chi connectivity index (χ0n) is 13.8. The van der Waals surface area contributed by atoms with E-state index in [1.54, 1.807) is 12.1 Å². The number of carbonyl (C=O) groups excluding carboxylic acids is 1. The van der Waals surface area contributed by atoms with Gasteiger partial charge in [-0.05, 0) is 26.0 Å². The highest BCUT2D eigenvalue weighted by Crippen LogP contribution is 2.36. The Morgan fingerprint density at radius 1 is 0.958 bits per heavy atom. The molecule has 0 bridgehead atoms. The van der Waals surface area contributed by atoms with Crippen LogP contribution in [0, 0.1) is 6.92 Å². The number of ether oxygens (including phenoxy) is 2. The van der Waals surface area contributed by atoms with Gasteiger partial charge in [0.2, 0.25) is 0 Å². The summed E-state index contributed by atoms with van der Waals surface area (Å²) in [5.41, 5.74) is 0.954. The van der Waals surface area contributed by atoms with E-state index in [1.807, 2.05) is 6.92 Å². The van der Waals surface area contributed by atoms with Crippen LogP contribution in [-0.2, 0) is 10.1 Å². The van der Waals surface area contributed by atoms with Gasteiger partial charge < -0.3 is 13.7 Å². The van der Waals surface area contributed by atoms with E-state index in [0.717, 1.165) is 5.56 Å². The van der Waals surface area contributed by atoms with Gasteiger partial charge in [-0.25, -0.2) is 0 Å². The van der Waals surface area contributed by atoms with Crippen molar-refractivity contribution in [2.45, 2.75) is 18.7 Å². The van der Waals surface area contributed by atoms with Crippen molar-refractivity contribution in [3.8, 4) is 17.2 Å². The molecule has 7 heteroatoms. The highest BCUT2D eigenvalue weighted by Gasteiger charge is 2.24. The SMILES string of the molecule is COc1cc(OC)c(C(C)=O)c(OS(=O)(=O)c2ccc(C)cc2)c1. The van der Waals surface area contributed by atoms with E-state index in [1.165, 1.54) is 45.4 Å². The van der Waals surface area contributed by atoms with Crippen molar-refractivity contribution in [2.24, 2.45) is 0 Å². The van der Waals surface area contributed by atoms with Crippen LogP contribution in [0.5, 0.6) is 17.2 Å².